The third-order valence-electron chi connectivity index (χ3n) is 4.16. The lowest BCUT2D eigenvalue weighted by Crippen LogP contribution is -2.27. The normalized spacial score (nSPS) is 10.6. The fourth-order valence-corrected chi connectivity index (χ4v) is 2.80. The molecule has 0 aliphatic rings. The van der Waals surface area contributed by atoms with Crippen molar-refractivity contribution in [3.05, 3.63) is 95.5 Å². The summed E-state index contributed by atoms with van der Waals surface area (Å²) in [7, 11) is 0. The van der Waals surface area contributed by atoms with Crippen LogP contribution < -0.4 is 15.6 Å². The van der Waals surface area contributed by atoms with Crippen molar-refractivity contribution < 1.29 is 9.53 Å². The first kappa shape index (κ1) is 17.5. The molecule has 1 amide bonds. The molecule has 0 fully saturated rings. The quantitative estimate of drug-likeness (QED) is 0.579. The minimum absolute atomic E-state index is 0.112. The van der Waals surface area contributed by atoms with Gasteiger partial charge in [-0.05, 0) is 48.5 Å². The van der Waals surface area contributed by atoms with Crippen LogP contribution in [0.4, 0.5) is 5.69 Å². The van der Waals surface area contributed by atoms with E-state index in [2.05, 4.69) is 10.3 Å². The van der Waals surface area contributed by atoms with Gasteiger partial charge < -0.3 is 10.1 Å². The van der Waals surface area contributed by atoms with E-state index in [-0.39, 0.29) is 18.0 Å². The van der Waals surface area contributed by atoms with E-state index in [1.54, 1.807) is 42.5 Å². The van der Waals surface area contributed by atoms with Crippen LogP contribution in [0.25, 0.3) is 10.9 Å². The summed E-state index contributed by atoms with van der Waals surface area (Å²) in [6.07, 6.45) is 1.39. The summed E-state index contributed by atoms with van der Waals surface area (Å²) in [5.41, 5.74) is 0.984. The lowest BCUT2D eigenvalue weighted by molar-refractivity contribution is -0.116. The van der Waals surface area contributed by atoms with Gasteiger partial charge in [-0.1, -0.05) is 30.3 Å². The number of ether oxygens (including phenoxy) is 1. The lowest BCUT2D eigenvalue weighted by Gasteiger charge is -2.09. The van der Waals surface area contributed by atoms with Crippen LogP contribution in [-0.2, 0) is 11.3 Å². The molecule has 0 atom stereocenters. The van der Waals surface area contributed by atoms with Crippen molar-refractivity contribution in [3.63, 3.8) is 0 Å². The Bertz CT molecular complexity index is 1170. The van der Waals surface area contributed by atoms with Gasteiger partial charge in [0.25, 0.3) is 5.56 Å². The molecule has 6 heteroatoms. The fraction of sp³-hybridized carbons (Fsp3) is 0.0455. The molecule has 138 valence electrons. The highest BCUT2D eigenvalue weighted by Crippen LogP contribution is 2.22. The number of hydrogen-bond acceptors (Lipinski definition) is 4. The second-order valence-electron chi connectivity index (χ2n) is 6.18. The molecule has 28 heavy (non-hydrogen) atoms. The molecule has 6 nitrogen and oxygen atoms in total. The van der Waals surface area contributed by atoms with Crippen LogP contribution in [0.2, 0.25) is 0 Å². The van der Waals surface area contributed by atoms with Crippen molar-refractivity contribution >= 4 is 22.5 Å². The number of para-hydroxylation sites is 2. The van der Waals surface area contributed by atoms with E-state index in [0.29, 0.717) is 22.3 Å². The molecule has 0 radical (unpaired) electrons. The highest BCUT2D eigenvalue weighted by Gasteiger charge is 2.08. The average Bonchev–Trinajstić information content (AvgIpc) is 2.72. The number of anilines is 1. The Morgan fingerprint density at radius 2 is 1.57 bits per heavy atom. The monoisotopic (exact) mass is 371 g/mol. The fourth-order valence-electron chi connectivity index (χ4n) is 2.80. The summed E-state index contributed by atoms with van der Waals surface area (Å²) in [5.74, 6) is 1.09. The minimum Gasteiger partial charge on any atom is -0.457 e. The van der Waals surface area contributed by atoms with Gasteiger partial charge >= 0.3 is 0 Å². The molecule has 1 aromatic heterocycles. The SMILES string of the molecule is O=C(Cn1cnc2ccccc2c1=O)Nc1ccc(Oc2ccccc2)cc1. The van der Waals surface area contributed by atoms with Crippen molar-refractivity contribution in [1.82, 2.24) is 9.55 Å². The molecular weight excluding hydrogens is 354 g/mol. The summed E-state index contributed by atoms with van der Waals surface area (Å²) >= 11 is 0. The van der Waals surface area contributed by atoms with Gasteiger partial charge in [-0.25, -0.2) is 4.98 Å². The number of benzene rings is 3. The molecule has 4 aromatic rings. The third-order valence-corrected chi connectivity index (χ3v) is 4.16. The van der Waals surface area contributed by atoms with Crippen molar-refractivity contribution in [2.45, 2.75) is 6.54 Å². The van der Waals surface area contributed by atoms with Crippen LogP contribution in [-0.4, -0.2) is 15.5 Å². The molecule has 0 unspecified atom stereocenters. The smallest absolute Gasteiger partial charge is 0.261 e. The van der Waals surface area contributed by atoms with Gasteiger partial charge in [0, 0.05) is 5.69 Å². The van der Waals surface area contributed by atoms with Crippen LogP contribution in [0, 0.1) is 0 Å². The molecule has 3 aromatic carbocycles. The van der Waals surface area contributed by atoms with Crippen LogP contribution in [0.15, 0.2) is 90.0 Å². The molecule has 1 N–H and O–H groups in total. The first-order chi connectivity index (χ1) is 13.7. The Kier molecular flexibility index (Phi) is 4.84. The Morgan fingerprint density at radius 3 is 2.36 bits per heavy atom. The number of nitrogens with zero attached hydrogens (tertiary/aromatic N) is 2. The van der Waals surface area contributed by atoms with E-state index >= 15 is 0 Å². The van der Waals surface area contributed by atoms with Gasteiger partial charge in [-0.2, -0.15) is 0 Å². The molecule has 1 heterocycles. The molecule has 0 saturated heterocycles. The Labute approximate surface area is 161 Å². The van der Waals surface area contributed by atoms with Crippen LogP contribution in [0.1, 0.15) is 0 Å². The van der Waals surface area contributed by atoms with Gasteiger partial charge in [-0.15, -0.1) is 0 Å². The number of carbonyl (C=O) groups excluding carboxylic acids is 1. The topological polar surface area (TPSA) is 73.2 Å². The molecular formula is C22H17N3O3. The lowest BCUT2D eigenvalue weighted by atomic mass is 10.2. The second kappa shape index (κ2) is 7.75. The maximum Gasteiger partial charge on any atom is 0.261 e. The van der Waals surface area contributed by atoms with Crippen molar-refractivity contribution in [3.8, 4) is 11.5 Å². The van der Waals surface area contributed by atoms with Gasteiger partial charge in [0.1, 0.15) is 18.0 Å². The number of fused-ring (bicyclic) bond motifs is 1. The van der Waals surface area contributed by atoms with Crippen LogP contribution in [0.3, 0.4) is 0 Å². The summed E-state index contributed by atoms with van der Waals surface area (Å²) in [6.45, 7) is -0.112. The second-order valence-corrected chi connectivity index (χ2v) is 6.18. The third kappa shape index (κ3) is 3.91. The van der Waals surface area contributed by atoms with E-state index in [9.17, 15) is 9.59 Å². The first-order valence-corrected chi connectivity index (χ1v) is 8.76. The van der Waals surface area contributed by atoms with Gasteiger partial charge in [0.15, 0.2) is 0 Å². The highest BCUT2D eigenvalue weighted by molar-refractivity contribution is 5.90. The number of carbonyl (C=O) groups is 1. The molecule has 0 bridgehead atoms. The van der Waals surface area contributed by atoms with Gasteiger partial charge in [0.05, 0.1) is 17.2 Å². The zero-order valence-corrected chi connectivity index (χ0v) is 14.9. The number of aromatic nitrogens is 2. The number of amides is 1. The van der Waals surface area contributed by atoms with Crippen molar-refractivity contribution in [1.29, 1.82) is 0 Å². The predicted molar refractivity (Wildman–Crippen MR) is 108 cm³/mol. The first-order valence-electron chi connectivity index (χ1n) is 8.76. The minimum atomic E-state index is -0.309. The summed E-state index contributed by atoms with van der Waals surface area (Å²) in [5, 5.41) is 3.26. The van der Waals surface area contributed by atoms with Crippen molar-refractivity contribution in [2.24, 2.45) is 0 Å². The van der Waals surface area contributed by atoms with Crippen molar-refractivity contribution in [2.75, 3.05) is 5.32 Å². The van der Waals surface area contributed by atoms with E-state index in [1.807, 2.05) is 36.4 Å². The van der Waals surface area contributed by atoms with E-state index in [1.165, 1.54) is 10.9 Å². The number of nitrogens with one attached hydrogen (secondary N) is 1. The van der Waals surface area contributed by atoms with Gasteiger partial charge in [0.2, 0.25) is 5.91 Å². The largest absolute Gasteiger partial charge is 0.457 e. The van der Waals surface area contributed by atoms with E-state index in [0.717, 1.165) is 5.75 Å². The van der Waals surface area contributed by atoms with Gasteiger partial charge in [-0.3, -0.25) is 14.2 Å². The zero-order chi connectivity index (χ0) is 19.3. The summed E-state index contributed by atoms with van der Waals surface area (Å²) < 4.78 is 7.02. The standard InChI is InChI=1S/C22H17N3O3/c26-21(14-25-15-23-20-9-5-4-8-19(20)22(25)27)24-16-10-12-18(13-11-16)28-17-6-2-1-3-7-17/h1-13,15H,14H2,(H,24,26). The Balaban J connectivity index is 1.43. The number of hydrogen-bond donors (Lipinski definition) is 1. The summed E-state index contributed by atoms with van der Waals surface area (Å²) in [6, 6.07) is 23.5. The maximum absolute atomic E-state index is 12.5. The zero-order valence-electron chi connectivity index (χ0n) is 14.9. The average molecular weight is 371 g/mol. The highest BCUT2D eigenvalue weighted by atomic mass is 16.5. The Morgan fingerprint density at radius 1 is 0.893 bits per heavy atom. The molecule has 4 rings (SSSR count). The maximum atomic E-state index is 12.5. The predicted octanol–water partition coefficient (Wildman–Crippen LogP) is 3.83. The molecule has 0 spiro atoms. The van der Waals surface area contributed by atoms with Crippen LogP contribution in [0.5, 0.6) is 11.5 Å². The Hall–Kier alpha value is -3.93. The molecule has 0 aliphatic heterocycles. The van der Waals surface area contributed by atoms with Crippen LogP contribution >= 0.6 is 0 Å². The molecule has 0 aliphatic carbocycles. The summed E-state index contributed by atoms with van der Waals surface area (Å²) in [4.78, 5) is 29.0. The van der Waals surface area contributed by atoms with E-state index in [4.69, 9.17) is 4.74 Å². The van der Waals surface area contributed by atoms with E-state index < -0.39 is 0 Å². The number of rotatable bonds is 5. The molecule has 0 saturated carbocycles.